The molecule has 2 N–H and O–H groups in total. The fourth-order valence-electron chi connectivity index (χ4n) is 2.58. The zero-order valence-corrected chi connectivity index (χ0v) is 12.6. The summed E-state index contributed by atoms with van der Waals surface area (Å²) in [4.78, 5) is 23.6. The Kier molecular flexibility index (Phi) is 5.38. The van der Waals surface area contributed by atoms with E-state index < -0.39 is 11.4 Å². The molecule has 6 heteroatoms. The minimum atomic E-state index is -0.922. The molecule has 1 aliphatic rings. The highest BCUT2D eigenvalue weighted by molar-refractivity contribution is 5.81. The van der Waals surface area contributed by atoms with Crippen molar-refractivity contribution >= 4 is 11.9 Å². The molecule has 1 heterocycles. The van der Waals surface area contributed by atoms with Crippen LogP contribution in [0.25, 0.3) is 0 Å². The highest BCUT2D eigenvalue weighted by atomic mass is 16.5. The summed E-state index contributed by atoms with van der Waals surface area (Å²) < 4.78 is 10.4. The summed E-state index contributed by atoms with van der Waals surface area (Å²) in [5.41, 5.74) is -0.145. The normalized spacial score (nSPS) is 16.8. The number of carbonyl (C=O) groups excluding carboxylic acids is 1. The minimum Gasteiger partial charge on any atom is -0.496 e. The van der Waals surface area contributed by atoms with Crippen LogP contribution in [0.1, 0.15) is 18.4 Å². The molecule has 0 aliphatic carbocycles. The van der Waals surface area contributed by atoms with Gasteiger partial charge in [-0.05, 0) is 18.9 Å². The Morgan fingerprint density at radius 2 is 2.00 bits per heavy atom. The van der Waals surface area contributed by atoms with Crippen molar-refractivity contribution in [2.45, 2.75) is 19.3 Å². The molecule has 1 saturated heterocycles. The molecular formula is C16H21NO5. The Balaban J connectivity index is 1.95. The maximum absolute atomic E-state index is 12.1. The minimum absolute atomic E-state index is 0.125. The van der Waals surface area contributed by atoms with Gasteiger partial charge < -0.3 is 19.9 Å². The largest absolute Gasteiger partial charge is 0.496 e. The number of aliphatic carboxylic acids is 1. The van der Waals surface area contributed by atoms with E-state index in [1.807, 2.05) is 18.2 Å². The predicted molar refractivity (Wildman–Crippen MR) is 79.8 cm³/mol. The lowest BCUT2D eigenvalue weighted by atomic mass is 9.80. The molecule has 2 rings (SSSR count). The predicted octanol–water partition coefficient (Wildman–Crippen LogP) is 1.24. The van der Waals surface area contributed by atoms with Crippen molar-refractivity contribution < 1.29 is 24.2 Å². The quantitative estimate of drug-likeness (QED) is 0.826. The molecule has 0 aromatic heterocycles. The summed E-state index contributed by atoms with van der Waals surface area (Å²) in [6, 6.07) is 7.28. The van der Waals surface area contributed by atoms with E-state index in [-0.39, 0.29) is 18.9 Å². The number of methoxy groups -OCH3 is 1. The summed E-state index contributed by atoms with van der Waals surface area (Å²) in [5.74, 6) is -0.443. The van der Waals surface area contributed by atoms with E-state index in [0.29, 0.717) is 31.8 Å². The van der Waals surface area contributed by atoms with Crippen molar-refractivity contribution in [2.75, 3.05) is 26.9 Å². The number of nitrogens with one attached hydrogen (secondary N) is 1. The third kappa shape index (κ3) is 3.76. The monoisotopic (exact) mass is 307 g/mol. The maximum Gasteiger partial charge on any atom is 0.311 e. The fourth-order valence-corrected chi connectivity index (χ4v) is 2.58. The van der Waals surface area contributed by atoms with Crippen molar-refractivity contribution in [3.63, 3.8) is 0 Å². The summed E-state index contributed by atoms with van der Waals surface area (Å²) in [6.07, 6.45) is 0.991. The SMILES string of the molecule is COc1ccccc1CC(=O)NCC1(C(=O)O)CCOCC1. The van der Waals surface area contributed by atoms with Gasteiger partial charge in [0.1, 0.15) is 5.75 Å². The average Bonchev–Trinajstić information content (AvgIpc) is 2.54. The Bertz CT molecular complexity index is 537. The molecule has 0 atom stereocenters. The van der Waals surface area contributed by atoms with Crippen LogP contribution in [0.5, 0.6) is 5.75 Å². The van der Waals surface area contributed by atoms with Crippen molar-refractivity contribution in [1.82, 2.24) is 5.32 Å². The Morgan fingerprint density at radius 1 is 1.32 bits per heavy atom. The van der Waals surface area contributed by atoms with Gasteiger partial charge in [-0.25, -0.2) is 0 Å². The molecule has 1 aromatic carbocycles. The molecule has 0 spiro atoms. The van der Waals surface area contributed by atoms with Crippen LogP contribution in [-0.2, 0) is 20.7 Å². The van der Waals surface area contributed by atoms with Crippen molar-refractivity contribution in [3.8, 4) is 5.75 Å². The molecule has 0 unspecified atom stereocenters. The number of hydrogen-bond acceptors (Lipinski definition) is 4. The summed E-state index contributed by atoms with van der Waals surface area (Å²) in [6.45, 7) is 0.947. The molecule has 120 valence electrons. The third-order valence-corrected chi connectivity index (χ3v) is 4.07. The van der Waals surface area contributed by atoms with Crippen LogP contribution in [0.2, 0.25) is 0 Å². The van der Waals surface area contributed by atoms with Crippen LogP contribution < -0.4 is 10.1 Å². The van der Waals surface area contributed by atoms with Crippen LogP contribution in [0, 0.1) is 5.41 Å². The van der Waals surface area contributed by atoms with Gasteiger partial charge in [-0.2, -0.15) is 0 Å². The molecule has 0 bridgehead atoms. The number of benzene rings is 1. The van der Waals surface area contributed by atoms with Crippen LogP contribution >= 0.6 is 0 Å². The molecule has 1 aliphatic heterocycles. The average molecular weight is 307 g/mol. The second-order valence-electron chi connectivity index (χ2n) is 5.46. The van der Waals surface area contributed by atoms with Crippen LogP contribution in [0.4, 0.5) is 0 Å². The number of carboxylic acid groups (broad SMARTS) is 1. The van der Waals surface area contributed by atoms with E-state index in [9.17, 15) is 14.7 Å². The highest BCUT2D eigenvalue weighted by Gasteiger charge is 2.40. The maximum atomic E-state index is 12.1. The summed E-state index contributed by atoms with van der Waals surface area (Å²) in [5, 5.41) is 12.2. The first-order chi connectivity index (χ1) is 10.6. The number of hydrogen-bond donors (Lipinski definition) is 2. The van der Waals surface area contributed by atoms with E-state index in [2.05, 4.69) is 5.32 Å². The molecule has 1 aromatic rings. The Hall–Kier alpha value is -2.08. The molecule has 0 radical (unpaired) electrons. The Morgan fingerprint density at radius 3 is 2.64 bits per heavy atom. The van der Waals surface area contributed by atoms with Gasteiger partial charge in [-0.1, -0.05) is 18.2 Å². The summed E-state index contributed by atoms with van der Waals surface area (Å²) >= 11 is 0. The van der Waals surface area contributed by atoms with Crippen LogP contribution in [0.15, 0.2) is 24.3 Å². The first kappa shape index (κ1) is 16.3. The molecule has 22 heavy (non-hydrogen) atoms. The number of carboxylic acids is 1. The second-order valence-corrected chi connectivity index (χ2v) is 5.46. The number of ether oxygens (including phenoxy) is 2. The van der Waals surface area contributed by atoms with Crippen molar-refractivity contribution in [1.29, 1.82) is 0 Å². The number of para-hydroxylation sites is 1. The van der Waals surface area contributed by atoms with Crippen LogP contribution in [0.3, 0.4) is 0 Å². The van der Waals surface area contributed by atoms with E-state index >= 15 is 0 Å². The van der Waals surface area contributed by atoms with Gasteiger partial charge in [-0.15, -0.1) is 0 Å². The van der Waals surface area contributed by atoms with Gasteiger partial charge in [0.15, 0.2) is 0 Å². The van der Waals surface area contributed by atoms with Gasteiger partial charge in [0.25, 0.3) is 0 Å². The van der Waals surface area contributed by atoms with Gasteiger partial charge in [0.2, 0.25) is 5.91 Å². The lowest BCUT2D eigenvalue weighted by Gasteiger charge is -2.33. The van der Waals surface area contributed by atoms with E-state index in [1.165, 1.54) is 0 Å². The first-order valence-electron chi connectivity index (χ1n) is 7.27. The fraction of sp³-hybridized carbons (Fsp3) is 0.500. The molecule has 0 saturated carbocycles. The number of rotatable bonds is 6. The topological polar surface area (TPSA) is 84.9 Å². The van der Waals surface area contributed by atoms with E-state index in [4.69, 9.17) is 9.47 Å². The molecule has 1 amide bonds. The van der Waals surface area contributed by atoms with E-state index in [1.54, 1.807) is 13.2 Å². The highest BCUT2D eigenvalue weighted by Crippen LogP contribution is 2.30. The summed E-state index contributed by atoms with van der Waals surface area (Å²) in [7, 11) is 1.55. The van der Waals surface area contributed by atoms with Crippen LogP contribution in [-0.4, -0.2) is 43.9 Å². The first-order valence-corrected chi connectivity index (χ1v) is 7.27. The third-order valence-electron chi connectivity index (χ3n) is 4.07. The van der Waals surface area contributed by atoms with Crippen molar-refractivity contribution in [2.24, 2.45) is 5.41 Å². The second kappa shape index (κ2) is 7.26. The lowest BCUT2D eigenvalue weighted by molar-refractivity contribution is -0.154. The zero-order valence-electron chi connectivity index (χ0n) is 12.6. The van der Waals surface area contributed by atoms with Gasteiger partial charge in [-0.3, -0.25) is 9.59 Å². The number of carbonyl (C=O) groups is 2. The number of amides is 1. The zero-order chi connectivity index (χ0) is 16.0. The van der Waals surface area contributed by atoms with Crippen molar-refractivity contribution in [3.05, 3.63) is 29.8 Å². The van der Waals surface area contributed by atoms with E-state index in [0.717, 1.165) is 5.56 Å². The van der Waals surface area contributed by atoms with Gasteiger partial charge >= 0.3 is 5.97 Å². The standard InChI is InChI=1S/C16H21NO5/c1-21-13-5-3-2-4-12(13)10-14(18)17-11-16(15(19)20)6-8-22-9-7-16/h2-5H,6-11H2,1H3,(H,17,18)(H,19,20). The molecule has 1 fully saturated rings. The lowest BCUT2D eigenvalue weighted by Crippen LogP contribution is -2.46. The van der Waals surface area contributed by atoms with Gasteiger partial charge in [0, 0.05) is 25.3 Å². The molecule has 6 nitrogen and oxygen atoms in total. The molecular weight excluding hydrogens is 286 g/mol. The Labute approximate surface area is 129 Å². The van der Waals surface area contributed by atoms with Gasteiger partial charge in [0.05, 0.1) is 18.9 Å². The smallest absolute Gasteiger partial charge is 0.311 e.